The van der Waals surface area contributed by atoms with Crippen LogP contribution in [0, 0.1) is 17.4 Å². The second-order valence-electron chi connectivity index (χ2n) is 11.2. The molecule has 0 saturated carbocycles. The van der Waals surface area contributed by atoms with Gasteiger partial charge in [-0.25, -0.2) is 23.4 Å². The summed E-state index contributed by atoms with van der Waals surface area (Å²) in [4.78, 5) is 29.6. The summed E-state index contributed by atoms with van der Waals surface area (Å²) < 4.78 is 29.4. The number of hydrogen-bond acceptors (Lipinski definition) is 7. The topological polar surface area (TPSA) is 149 Å². The third-order valence-corrected chi connectivity index (χ3v) is 10.4. The van der Waals surface area contributed by atoms with E-state index in [0.717, 1.165) is 5.56 Å². The number of benzene rings is 2. The normalized spacial score (nSPS) is 22.2. The first-order valence-electron chi connectivity index (χ1n) is 14.4. The van der Waals surface area contributed by atoms with Crippen molar-refractivity contribution in [1.82, 2.24) is 14.6 Å². The van der Waals surface area contributed by atoms with Crippen LogP contribution in [0.4, 0.5) is 4.79 Å². The van der Waals surface area contributed by atoms with Crippen LogP contribution in [0.25, 0.3) is 0 Å². The van der Waals surface area contributed by atoms with E-state index in [1.54, 1.807) is 36.8 Å². The molecule has 0 bridgehead atoms. The molecule has 224 valence electrons. The van der Waals surface area contributed by atoms with Crippen LogP contribution in [0.2, 0.25) is 0 Å². The molecule has 4 rings (SSSR count). The number of urea groups is 1. The first-order chi connectivity index (χ1) is 20.2. The second-order valence-corrected chi connectivity index (χ2v) is 13.1. The zero-order chi connectivity index (χ0) is 30.2. The van der Waals surface area contributed by atoms with Gasteiger partial charge in [0.25, 0.3) is 0 Å². The van der Waals surface area contributed by atoms with Crippen molar-refractivity contribution < 1.29 is 22.5 Å². The van der Waals surface area contributed by atoms with Crippen LogP contribution in [0.15, 0.2) is 65.8 Å². The summed E-state index contributed by atoms with van der Waals surface area (Å²) in [5, 5.41) is 12.5. The van der Waals surface area contributed by atoms with Crippen LogP contribution in [-0.4, -0.2) is 78.6 Å². The fourth-order valence-corrected chi connectivity index (χ4v) is 7.97. The largest absolute Gasteiger partial charge is 0.421 e. The molecule has 2 aliphatic heterocycles. The highest BCUT2D eigenvalue weighted by Crippen LogP contribution is 2.32. The highest BCUT2D eigenvalue weighted by atomic mass is 32.2. The van der Waals surface area contributed by atoms with Crippen molar-refractivity contribution in [2.24, 2.45) is 16.8 Å². The number of sulfonamides is 1. The zero-order valence-corrected chi connectivity index (χ0v) is 24.8. The monoisotopic (exact) mass is 594 g/mol. The van der Waals surface area contributed by atoms with E-state index in [2.05, 4.69) is 10.5 Å². The zero-order valence-electron chi connectivity index (χ0n) is 24.0. The number of rotatable bonds is 11. The van der Waals surface area contributed by atoms with Gasteiger partial charge in [-0.3, -0.25) is 0 Å². The summed E-state index contributed by atoms with van der Waals surface area (Å²) in [5.41, 5.74) is 9.61. The molecule has 2 heterocycles. The Morgan fingerprint density at radius 1 is 1.12 bits per heavy atom. The van der Waals surface area contributed by atoms with Crippen LogP contribution < -0.4 is 11.2 Å². The standard InChI is InChI=1S/C30H39N7O4S/c1-24-9-8-18-37(24,30(32)39)29(38)28(19-25-10-4-2-5-11-25)36(42(40,41)21-27-12-6-3-7-13-27)20-26-14-16-35(17-15-26)23-34-33-22-31/h2-7,10-13,23-24,26,28,33H,8-9,14-21H2,1H3,(H-,32,39)/p+1/t24-,28-,37?/m1/s1. The van der Waals surface area contributed by atoms with Gasteiger partial charge in [-0.15, -0.1) is 0 Å². The molecule has 2 saturated heterocycles. The lowest BCUT2D eigenvalue weighted by atomic mass is 9.95. The smallest absolute Gasteiger partial charge is 0.361 e. The highest BCUT2D eigenvalue weighted by molar-refractivity contribution is 7.88. The van der Waals surface area contributed by atoms with Crippen molar-refractivity contribution in [3.63, 3.8) is 0 Å². The average molecular weight is 595 g/mol. The maximum atomic E-state index is 14.6. The van der Waals surface area contributed by atoms with Crippen molar-refractivity contribution >= 4 is 28.3 Å². The maximum Gasteiger partial charge on any atom is 0.421 e. The Balaban J connectivity index is 1.72. The molecule has 0 aliphatic carbocycles. The van der Waals surface area contributed by atoms with Crippen LogP contribution in [0.1, 0.15) is 43.7 Å². The molecule has 42 heavy (non-hydrogen) atoms. The van der Waals surface area contributed by atoms with E-state index in [0.29, 0.717) is 44.3 Å². The van der Waals surface area contributed by atoms with E-state index >= 15 is 0 Å². The van der Waals surface area contributed by atoms with Gasteiger partial charge in [-0.2, -0.15) is 19.2 Å². The molecular weight excluding hydrogens is 554 g/mol. The molecular formula is C30H40N7O4S+. The number of nitriles is 1. The van der Waals surface area contributed by atoms with Gasteiger partial charge in [-0.05, 0) is 36.8 Å². The fourth-order valence-electron chi connectivity index (χ4n) is 6.20. The molecule has 2 aromatic carbocycles. The number of amides is 3. The molecule has 2 fully saturated rings. The predicted octanol–water partition coefficient (Wildman–Crippen LogP) is 2.76. The number of piperidine rings is 1. The Bertz CT molecular complexity index is 1390. The minimum atomic E-state index is -4.01. The number of hydrazone groups is 1. The summed E-state index contributed by atoms with van der Waals surface area (Å²) in [6.45, 7) is 3.51. The Morgan fingerprint density at radius 2 is 1.74 bits per heavy atom. The summed E-state index contributed by atoms with van der Waals surface area (Å²) in [5.74, 6) is -0.738. The van der Waals surface area contributed by atoms with Gasteiger partial charge in [0.2, 0.25) is 10.0 Å². The van der Waals surface area contributed by atoms with Crippen molar-refractivity contribution in [2.45, 2.75) is 56.9 Å². The van der Waals surface area contributed by atoms with Crippen LogP contribution in [-0.2, 0) is 27.0 Å². The third-order valence-electron chi connectivity index (χ3n) is 8.55. The Hall–Kier alpha value is -3.79. The fraction of sp³-hybridized carbons (Fsp3) is 0.467. The van der Waals surface area contributed by atoms with Crippen molar-refractivity contribution in [2.75, 3.05) is 26.2 Å². The van der Waals surface area contributed by atoms with Gasteiger partial charge in [0, 0.05) is 38.9 Å². The predicted molar refractivity (Wildman–Crippen MR) is 160 cm³/mol. The molecule has 12 heteroatoms. The van der Waals surface area contributed by atoms with E-state index in [-0.39, 0.29) is 37.2 Å². The van der Waals surface area contributed by atoms with E-state index in [1.165, 1.54) is 4.31 Å². The number of nitrogens with two attached hydrogens (primary N) is 1. The quantitative estimate of drug-likeness (QED) is 0.101. The summed E-state index contributed by atoms with van der Waals surface area (Å²) in [6.07, 6.45) is 6.12. The Kier molecular flexibility index (Phi) is 10.3. The lowest BCUT2D eigenvalue weighted by Gasteiger charge is -2.39. The van der Waals surface area contributed by atoms with Gasteiger partial charge in [0.15, 0.2) is 6.19 Å². The van der Waals surface area contributed by atoms with Crippen molar-refractivity contribution in [3.05, 3.63) is 71.8 Å². The van der Waals surface area contributed by atoms with Crippen LogP contribution >= 0.6 is 0 Å². The molecule has 2 aliphatic rings. The number of carbonyl (C=O) groups excluding carboxylic acids is 2. The molecule has 3 amide bonds. The Labute approximate surface area is 248 Å². The molecule has 11 nitrogen and oxygen atoms in total. The third kappa shape index (κ3) is 7.15. The molecule has 2 aromatic rings. The van der Waals surface area contributed by atoms with Gasteiger partial charge in [-0.1, -0.05) is 60.7 Å². The number of imide groups is 1. The number of carbonyl (C=O) groups is 2. The molecule has 3 atom stereocenters. The van der Waals surface area contributed by atoms with E-state index in [4.69, 9.17) is 11.0 Å². The van der Waals surface area contributed by atoms with Crippen LogP contribution in [0.5, 0.6) is 0 Å². The molecule has 1 unspecified atom stereocenters. The van der Waals surface area contributed by atoms with Gasteiger partial charge < -0.3 is 10.6 Å². The second kappa shape index (κ2) is 13.9. The first kappa shape index (κ1) is 31.2. The lowest BCUT2D eigenvalue weighted by molar-refractivity contribution is -0.784. The van der Waals surface area contributed by atoms with E-state index < -0.39 is 32.5 Å². The molecule has 0 aromatic heterocycles. The minimum Gasteiger partial charge on any atom is -0.361 e. The van der Waals surface area contributed by atoms with E-state index in [1.807, 2.05) is 48.2 Å². The molecule has 3 N–H and O–H groups in total. The lowest BCUT2D eigenvalue weighted by Crippen LogP contribution is -2.67. The highest BCUT2D eigenvalue weighted by Gasteiger charge is 2.56. The Morgan fingerprint density at radius 3 is 2.29 bits per heavy atom. The molecule has 0 spiro atoms. The number of hydrogen-bond donors (Lipinski definition) is 2. The SMILES string of the molecule is C[C@@H]1CCC[N+]1(C(N)=O)C(=O)[C@@H](Cc1ccccc1)N(CC1CCN(C=NNC#N)CC1)S(=O)(=O)Cc1ccccc1. The summed E-state index contributed by atoms with van der Waals surface area (Å²) >= 11 is 0. The molecule has 0 radical (unpaired) electrons. The van der Waals surface area contributed by atoms with E-state index in [9.17, 15) is 18.0 Å². The van der Waals surface area contributed by atoms with Gasteiger partial charge in [0.05, 0.1) is 12.3 Å². The number of nitrogens with zero attached hydrogens (tertiary/aromatic N) is 5. The van der Waals surface area contributed by atoms with Gasteiger partial charge in [0.1, 0.15) is 18.4 Å². The number of quaternary nitrogens is 1. The van der Waals surface area contributed by atoms with Crippen molar-refractivity contribution in [1.29, 1.82) is 5.26 Å². The number of nitrogens with one attached hydrogen (secondary N) is 1. The average Bonchev–Trinajstić information content (AvgIpc) is 3.38. The van der Waals surface area contributed by atoms with Crippen molar-refractivity contribution in [3.8, 4) is 6.19 Å². The summed E-state index contributed by atoms with van der Waals surface area (Å²) in [6, 6.07) is 16.1. The van der Waals surface area contributed by atoms with Crippen LogP contribution in [0.3, 0.4) is 0 Å². The number of primary amides is 1. The number of likely N-dealkylation sites (tertiary alicyclic amines) is 2. The summed E-state index contributed by atoms with van der Waals surface area (Å²) in [7, 11) is -4.01. The maximum absolute atomic E-state index is 14.6. The first-order valence-corrected chi connectivity index (χ1v) is 16.0. The minimum absolute atomic E-state index is 0.0202. The van der Waals surface area contributed by atoms with Gasteiger partial charge >= 0.3 is 11.9 Å².